The third-order valence-corrected chi connectivity index (χ3v) is 4.35. The average molecular weight is 280 g/mol. The maximum Gasteiger partial charge on any atom is 0.165 e. The fourth-order valence-electron chi connectivity index (χ4n) is 3.16. The average Bonchev–Trinajstić information content (AvgIpc) is 2.46. The van der Waals surface area contributed by atoms with Crippen LogP contribution in [0.2, 0.25) is 0 Å². The molecule has 1 aliphatic rings. The van der Waals surface area contributed by atoms with E-state index >= 15 is 0 Å². The number of hydrogen-bond acceptors (Lipinski definition) is 3. The first-order valence-corrected chi connectivity index (χ1v) is 7.39. The number of likely N-dealkylation sites (tertiary alicyclic amines) is 1. The van der Waals surface area contributed by atoms with E-state index in [0.717, 1.165) is 18.5 Å². The van der Waals surface area contributed by atoms with Gasteiger partial charge in [-0.25, -0.2) is 4.39 Å². The van der Waals surface area contributed by atoms with E-state index in [1.54, 1.807) is 12.1 Å². The molecule has 3 unspecified atom stereocenters. The van der Waals surface area contributed by atoms with Crippen molar-refractivity contribution < 1.29 is 9.13 Å². The third-order valence-electron chi connectivity index (χ3n) is 4.35. The fourth-order valence-corrected chi connectivity index (χ4v) is 3.16. The van der Waals surface area contributed by atoms with E-state index in [1.807, 2.05) is 6.07 Å². The summed E-state index contributed by atoms with van der Waals surface area (Å²) in [6.07, 6.45) is 3.54. The van der Waals surface area contributed by atoms with Gasteiger partial charge in [0.1, 0.15) is 0 Å². The van der Waals surface area contributed by atoms with Crippen LogP contribution in [0.5, 0.6) is 5.75 Å². The Hall–Kier alpha value is -1.13. The smallest absolute Gasteiger partial charge is 0.165 e. The highest BCUT2D eigenvalue weighted by molar-refractivity contribution is 5.31. The molecular formula is C16H25FN2O. The van der Waals surface area contributed by atoms with Gasteiger partial charge in [-0.3, -0.25) is 4.90 Å². The lowest BCUT2D eigenvalue weighted by Crippen LogP contribution is -2.49. The van der Waals surface area contributed by atoms with E-state index in [1.165, 1.54) is 20.0 Å². The van der Waals surface area contributed by atoms with Crippen molar-refractivity contribution in [2.24, 2.45) is 5.73 Å². The Balaban J connectivity index is 2.20. The van der Waals surface area contributed by atoms with Crippen LogP contribution >= 0.6 is 0 Å². The topological polar surface area (TPSA) is 38.5 Å². The van der Waals surface area contributed by atoms with E-state index in [2.05, 4.69) is 18.7 Å². The number of nitrogens with two attached hydrogens (primary N) is 1. The highest BCUT2D eigenvalue weighted by Gasteiger charge is 2.29. The summed E-state index contributed by atoms with van der Waals surface area (Å²) in [7, 11) is 1.48. The summed E-state index contributed by atoms with van der Waals surface area (Å²) >= 11 is 0. The molecule has 1 saturated heterocycles. The predicted octanol–water partition coefficient (Wildman–Crippen LogP) is 3.10. The van der Waals surface area contributed by atoms with Crippen molar-refractivity contribution in [2.45, 2.75) is 51.2 Å². The summed E-state index contributed by atoms with van der Waals surface area (Å²) in [6.45, 7) is 5.22. The Morgan fingerprint density at radius 3 is 2.70 bits per heavy atom. The second kappa shape index (κ2) is 6.55. The van der Waals surface area contributed by atoms with Crippen molar-refractivity contribution in [1.82, 2.24) is 4.90 Å². The molecule has 20 heavy (non-hydrogen) atoms. The monoisotopic (exact) mass is 280 g/mol. The summed E-state index contributed by atoms with van der Waals surface area (Å²) in [4.78, 5) is 2.41. The van der Waals surface area contributed by atoms with Gasteiger partial charge in [0, 0.05) is 18.1 Å². The minimum atomic E-state index is -0.300. The van der Waals surface area contributed by atoms with Crippen LogP contribution in [-0.2, 0) is 0 Å². The largest absolute Gasteiger partial charge is 0.494 e. The molecule has 0 spiro atoms. The van der Waals surface area contributed by atoms with Crippen molar-refractivity contribution in [3.05, 3.63) is 29.6 Å². The molecule has 1 heterocycles. The number of nitrogens with zero attached hydrogens (tertiary/aromatic N) is 1. The number of rotatable bonds is 4. The van der Waals surface area contributed by atoms with Gasteiger partial charge in [0.05, 0.1) is 7.11 Å². The summed E-state index contributed by atoms with van der Waals surface area (Å²) < 4.78 is 18.8. The van der Waals surface area contributed by atoms with Gasteiger partial charge in [0.15, 0.2) is 11.6 Å². The number of methoxy groups -OCH3 is 1. The van der Waals surface area contributed by atoms with Gasteiger partial charge in [-0.2, -0.15) is 0 Å². The summed E-state index contributed by atoms with van der Waals surface area (Å²) in [5.41, 5.74) is 7.10. The zero-order valence-electron chi connectivity index (χ0n) is 12.6. The SMILES string of the molecule is COc1ccc(C(C)N2CCCCC2C(C)N)cc1F. The molecule has 0 saturated carbocycles. The molecule has 1 aromatic carbocycles. The summed E-state index contributed by atoms with van der Waals surface area (Å²) in [6, 6.07) is 5.92. The van der Waals surface area contributed by atoms with Crippen LogP contribution in [0.15, 0.2) is 18.2 Å². The van der Waals surface area contributed by atoms with Crippen LogP contribution in [0.3, 0.4) is 0 Å². The normalized spacial score (nSPS) is 23.4. The summed E-state index contributed by atoms with van der Waals surface area (Å²) in [5, 5.41) is 0. The maximum absolute atomic E-state index is 13.9. The van der Waals surface area contributed by atoms with E-state index in [0.29, 0.717) is 11.8 Å². The van der Waals surface area contributed by atoms with Gasteiger partial charge in [-0.05, 0) is 50.9 Å². The Bertz CT molecular complexity index is 450. The molecule has 0 amide bonds. The Morgan fingerprint density at radius 1 is 1.35 bits per heavy atom. The number of ether oxygens (including phenoxy) is 1. The number of benzene rings is 1. The van der Waals surface area contributed by atoms with Crippen LogP contribution in [-0.4, -0.2) is 30.6 Å². The molecule has 3 nitrogen and oxygen atoms in total. The van der Waals surface area contributed by atoms with Crippen molar-refractivity contribution in [3.63, 3.8) is 0 Å². The molecular weight excluding hydrogens is 255 g/mol. The van der Waals surface area contributed by atoms with Gasteiger partial charge in [-0.15, -0.1) is 0 Å². The van der Waals surface area contributed by atoms with Gasteiger partial charge in [0.25, 0.3) is 0 Å². The highest BCUT2D eigenvalue weighted by atomic mass is 19.1. The van der Waals surface area contributed by atoms with Crippen LogP contribution in [0.25, 0.3) is 0 Å². The van der Waals surface area contributed by atoms with E-state index in [4.69, 9.17) is 10.5 Å². The first kappa shape index (κ1) is 15.3. The lowest BCUT2D eigenvalue weighted by Gasteiger charge is -2.42. The van der Waals surface area contributed by atoms with Crippen LogP contribution < -0.4 is 10.5 Å². The van der Waals surface area contributed by atoms with Crippen LogP contribution in [0.4, 0.5) is 4.39 Å². The Morgan fingerprint density at radius 2 is 2.10 bits per heavy atom. The van der Waals surface area contributed by atoms with Gasteiger partial charge < -0.3 is 10.5 Å². The molecule has 0 radical (unpaired) electrons. The molecule has 112 valence electrons. The molecule has 0 aliphatic carbocycles. The predicted molar refractivity (Wildman–Crippen MR) is 79.4 cm³/mol. The van der Waals surface area contributed by atoms with Gasteiger partial charge in [0.2, 0.25) is 0 Å². The second-order valence-electron chi connectivity index (χ2n) is 5.73. The van der Waals surface area contributed by atoms with E-state index in [-0.39, 0.29) is 17.9 Å². The Kier molecular flexibility index (Phi) is 5.00. The minimum Gasteiger partial charge on any atom is -0.494 e. The molecule has 2 rings (SSSR count). The van der Waals surface area contributed by atoms with E-state index in [9.17, 15) is 4.39 Å². The first-order valence-electron chi connectivity index (χ1n) is 7.39. The van der Waals surface area contributed by atoms with Crippen molar-refractivity contribution >= 4 is 0 Å². The molecule has 0 bridgehead atoms. The quantitative estimate of drug-likeness (QED) is 0.921. The molecule has 1 fully saturated rings. The number of piperidine rings is 1. The van der Waals surface area contributed by atoms with Gasteiger partial charge in [-0.1, -0.05) is 12.5 Å². The van der Waals surface area contributed by atoms with E-state index < -0.39 is 0 Å². The fraction of sp³-hybridized carbons (Fsp3) is 0.625. The molecule has 0 aromatic heterocycles. The lowest BCUT2D eigenvalue weighted by atomic mass is 9.93. The number of hydrogen-bond donors (Lipinski definition) is 1. The zero-order valence-corrected chi connectivity index (χ0v) is 12.6. The minimum absolute atomic E-state index is 0.140. The third kappa shape index (κ3) is 3.13. The maximum atomic E-state index is 13.9. The second-order valence-corrected chi connectivity index (χ2v) is 5.73. The Labute approximate surface area is 120 Å². The standard InChI is InChI=1S/C16H25FN2O/c1-11(18)15-6-4-5-9-19(15)12(2)13-7-8-16(20-3)14(17)10-13/h7-8,10-12,15H,4-6,9,18H2,1-3H3. The summed E-state index contributed by atoms with van der Waals surface area (Å²) in [5.74, 6) is -0.00505. The highest BCUT2D eigenvalue weighted by Crippen LogP contribution is 2.31. The van der Waals surface area contributed by atoms with Crippen LogP contribution in [0, 0.1) is 5.82 Å². The van der Waals surface area contributed by atoms with Crippen molar-refractivity contribution in [2.75, 3.05) is 13.7 Å². The molecule has 2 N–H and O–H groups in total. The molecule has 1 aliphatic heterocycles. The lowest BCUT2D eigenvalue weighted by molar-refractivity contribution is 0.0888. The molecule has 1 aromatic rings. The molecule has 3 atom stereocenters. The number of halogens is 1. The molecule has 4 heteroatoms. The van der Waals surface area contributed by atoms with Gasteiger partial charge >= 0.3 is 0 Å². The van der Waals surface area contributed by atoms with Crippen LogP contribution in [0.1, 0.15) is 44.7 Å². The first-order chi connectivity index (χ1) is 9.54. The zero-order chi connectivity index (χ0) is 14.7. The van der Waals surface area contributed by atoms with Crippen molar-refractivity contribution in [1.29, 1.82) is 0 Å². The van der Waals surface area contributed by atoms with Crippen molar-refractivity contribution in [3.8, 4) is 5.75 Å².